The Morgan fingerprint density at radius 2 is 2.21 bits per heavy atom. The van der Waals surface area contributed by atoms with Gasteiger partial charge in [0.05, 0.1) is 0 Å². The van der Waals surface area contributed by atoms with Crippen molar-refractivity contribution in [2.75, 3.05) is 13.6 Å². The molecule has 0 aromatic rings. The molecule has 0 saturated carbocycles. The van der Waals surface area contributed by atoms with Gasteiger partial charge in [0.2, 0.25) is 0 Å². The molecule has 0 heterocycles. The second-order valence-corrected chi connectivity index (χ2v) is 3.84. The molecule has 0 bridgehead atoms. The van der Waals surface area contributed by atoms with Gasteiger partial charge in [0, 0.05) is 13.6 Å². The van der Waals surface area contributed by atoms with Gasteiger partial charge in [0.15, 0.2) is 5.11 Å². The first-order chi connectivity index (χ1) is 6.60. The van der Waals surface area contributed by atoms with Gasteiger partial charge in [-0.05, 0) is 31.5 Å². The van der Waals surface area contributed by atoms with Crippen LogP contribution in [0, 0.1) is 5.92 Å². The zero-order valence-electron chi connectivity index (χ0n) is 9.26. The largest absolute Gasteiger partial charge is 0.366 e. The fraction of sp³-hybridized carbons (Fsp3) is 0.545. The Morgan fingerprint density at radius 3 is 2.71 bits per heavy atom. The summed E-state index contributed by atoms with van der Waals surface area (Å²) in [5.74, 6) is 0.546. The lowest BCUT2D eigenvalue weighted by Crippen LogP contribution is -2.35. The summed E-state index contributed by atoms with van der Waals surface area (Å²) in [7, 11) is 1.82. The highest BCUT2D eigenvalue weighted by Gasteiger charge is 2.02. The summed E-state index contributed by atoms with van der Waals surface area (Å²) < 4.78 is 0. The van der Waals surface area contributed by atoms with Crippen molar-refractivity contribution in [1.82, 2.24) is 10.6 Å². The second-order valence-electron chi connectivity index (χ2n) is 3.43. The SMILES string of the molecule is C=C(C=CC)CC(C)CNC(=S)NC. The van der Waals surface area contributed by atoms with E-state index in [0.29, 0.717) is 11.0 Å². The Morgan fingerprint density at radius 1 is 1.57 bits per heavy atom. The average Bonchev–Trinajstić information content (AvgIpc) is 2.14. The summed E-state index contributed by atoms with van der Waals surface area (Å²) >= 11 is 4.98. The summed E-state index contributed by atoms with van der Waals surface area (Å²) in [6, 6.07) is 0. The molecule has 0 aliphatic rings. The van der Waals surface area contributed by atoms with Gasteiger partial charge in [-0.15, -0.1) is 0 Å². The fourth-order valence-corrected chi connectivity index (χ4v) is 1.26. The topological polar surface area (TPSA) is 24.1 Å². The molecule has 0 saturated heterocycles. The van der Waals surface area contributed by atoms with E-state index in [1.54, 1.807) is 0 Å². The van der Waals surface area contributed by atoms with Gasteiger partial charge in [0.25, 0.3) is 0 Å². The molecule has 80 valence electrons. The van der Waals surface area contributed by atoms with Crippen molar-refractivity contribution in [2.45, 2.75) is 20.3 Å². The average molecular weight is 212 g/mol. The number of rotatable bonds is 5. The molecule has 2 nitrogen and oxygen atoms in total. The minimum atomic E-state index is 0.546. The zero-order valence-corrected chi connectivity index (χ0v) is 10.1. The maximum Gasteiger partial charge on any atom is 0.166 e. The summed E-state index contributed by atoms with van der Waals surface area (Å²) in [4.78, 5) is 0. The Kier molecular flexibility index (Phi) is 7.11. The molecular weight excluding hydrogens is 192 g/mol. The Balaban J connectivity index is 3.70. The van der Waals surface area contributed by atoms with Gasteiger partial charge in [0.1, 0.15) is 0 Å². The normalized spacial score (nSPS) is 12.5. The van der Waals surface area contributed by atoms with E-state index in [1.807, 2.05) is 26.1 Å². The second kappa shape index (κ2) is 7.56. The van der Waals surface area contributed by atoms with Gasteiger partial charge in [-0.2, -0.15) is 0 Å². The molecule has 2 N–H and O–H groups in total. The van der Waals surface area contributed by atoms with Crippen molar-refractivity contribution in [2.24, 2.45) is 5.92 Å². The quantitative estimate of drug-likeness (QED) is 0.540. The van der Waals surface area contributed by atoms with Crippen LogP contribution in [0.25, 0.3) is 0 Å². The molecule has 3 heteroatoms. The molecular formula is C11H20N2S. The van der Waals surface area contributed by atoms with Gasteiger partial charge in [-0.3, -0.25) is 0 Å². The molecule has 0 aliphatic heterocycles. The molecule has 0 amide bonds. The van der Waals surface area contributed by atoms with E-state index < -0.39 is 0 Å². The van der Waals surface area contributed by atoms with Crippen LogP contribution >= 0.6 is 12.2 Å². The Bertz CT molecular complexity index is 221. The zero-order chi connectivity index (χ0) is 11.0. The first kappa shape index (κ1) is 13.2. The lowest BCUT2D eigenvalue weighted by atomic mass is 10.0. The van der Waals surface area contributed by atoms with E-state index >= 15 is 0 Å². The third-order valence-corrected chi connectivity index (χ3v) is 2.20. The third kappa shape index (κ3) is 6.66. The lowest BCUT2D eigenvalue weighted by Gasteiger charge is -2.13. The molecule has 0 spiro atoms. The molecule has 0 fully saturated rings. The standard InChI is InChI=1S/C11H20N2S/c1-5-6-9(2)7-10(3)8-13-11(14)12-4/h5-6,10H,2,7-8H2,1,3-4H3,(H2,12,13,14). The first-order valence-electron chi connectivity index (χ1n) is 4.86. The minimum absolute atomic E-state index is 0.546. The van der Waals surface area contributed by atoms with Crippen molar-refractivity contribution in [3.05, 3.63) is 24.3 Å². The van der Waals surface area contributed by atoms with E-state index in [4.69, 9.17) is 12.2 Å². The maximum atomic E-state index is 4.98. The van der Waals surface area contributed by atoms with E-state index in [9.17, 15) is 0 Å². The summed E-state index contributed by atoms with van der Waals surface area (Å²) in [5, 5.41) is 6.72. The predicted molar refractivity (Wildman–Crippen MR) is 67.4 cm³/mol. The van der Waals surface area contributed by atoms with Gasteiger partial charge in [-0.25, -0.2) is 0 Å². The van der Waals surface area contributed by atoms with Crippen LogP contribution in [0.2, 0.25) is 0 Å². The van der Waals surface area contributed by atoms with Crippen molar-refractivity contribution in [1.29, 1.82) is 0 Å². The number of allylic oxidation sites excluding steroid dienone is 3. The third-order valence-electron chi connectivity index (χ3n) is 1.85. The smallest absolute Gasteiger partial charge is 0.166 e. The van der Waals surface area contributed by atoms with E-state index in [-0.39, 0.29) is 0 Å². The van der Waals surface area contributed by atoms with Gasteiger partial charge >= 0.3 is 0 Å². The minimum Gasteiger partial charge on any atom is -0.366 e. The first-order valence-corrected chi connectivity index (χ1v) is 5.27. The van der Waals surface area contributed by atoms with Crippen LogP contribution in [0.5, 0.6) is 0 Å². The van der Waals surface area contributed by atoms with Crippen LogP contribution in [0.3, 0.4) is 0 Å². The summed E-state index contributed by atoms with van der Waals surface area (Å²) in [6.07, 6.45) is 5.07. The lowest BCUT2D eigenvalue weighted by molar-refractivity contribution is 0.565. The van der Waals surface area contributed by atoms with E-state index in [0.717, 1.165) is 18.5 Å². The van der Waals surface area contributed by atoms with Crippen LogP contribution in [-0.2, 0) is 0 Å². The predicted octanol–water partition coefficient (Wildman–Crippen LogP) is 2.24. The molecule has 0 aliphatic carbocycles. The fourth-order valence-electron chi connectivity index (χ4n) is 1.18. The van der Waals surface area contributed by atoms with E-state index in [1.165, 1.54) is 0 Å². The maximum absolute atomic E-state index is 4.98. The van der Waals surface area contributed by atoms with Crippen LogP contribution in [0.15, 0.2) is 24.3 Å². The van der Waals surface area contributed by atoms with Gasteiger partial charge in [-0.1, -0.05) is 31.2 Å². The number of hydrogen-bond donors (Lipinski definition) is 2. The van der Waals surface area contributed by atoms with E-state index in [2.05, 4.69) is 24.1 Å². The van der Waals surface area contributed by atoms with Crippen LogP contribution in [-0.4, -0.2) is 18.7 Å². The summed E-state index contributed by atoms with van der Waals surface area (Å²) in [6.45, 7) is 9.04. The Labute approximate surface area is 92.5 Å². The number of hydrogen-bond acceptors (Lipinski definition) is 1. The van der Waals surface area contributed by atoms with Crippen molar-refractivity contribution in [3.8, 4) is 0 Å². The molecule has 0 radical (unpaired) electrons. The molecule has 1 unspecified atom stereocenters. The van der Waals surface area contributed by atoms with Gasteiger partial charge < -0.3 is 10.6 Å². The monoisotopic (exact) mass is 212 g/mol. The molecule has 1 atom stereocenters. The highest BCUT2D eigenvalue weighted by molar-refractivity contribution is 7.80. The molecule has 0 aromatic heterocycles. The van der Waals surface area contributed by atoms with Crippen LogP contribution < -0.4 is 10.6 Å². The van der Waals surface area contributed by atoms with Crippen molar-refractivity contribution >= 4 is 17.3 Å². The Hall–Kier alpha value is -0.830. The van der Waals surface area contributed by atoms with Crippen molar-refractivity contribution < 1.29 is 0 Å². The van der Waals surface area contributed by atoms with Crippen LogP contribution in [0.4, 0.5) is 0 Å². The number of thiocarbonyl (C=S) groups is 1. The molecule has 0 aromatic carbocycles. The highest BCUT2D eigenvalue weighted by atomic mass is 32.1. The van der Waals surface area contributed by atoms with Crippen LogP contribution in [0.1, 0.15) is 20.3 Å². The summed E-state index contributed by atoms with van der Waals surface area (Å²) in [5.41, 5.74) is 1.16. The molecule has 14 heavy (non-hydrogen) atoms. The van der Waals surface area contributed by atoms with Crippen molar-refractivity contribution in [3.63, 3.8) is 0 Å². The number of nitrogens with one attached hydrogen (secondary N) is 2. The highest BCUT2D eigenvalue weighted by Crippen LogP contribution is 2.09. The molecule has 0 rings (SSSR count).